The smallest absolute Gasteiger partial charge is 0.301 e. The standard InChI is InChI=1S/C43H47ClFN11O4S/c44-32-23-35(41(45)37(24-32)51-61(59,60)55-15-1-2-16-55)36-28-56(50-42(36)30-9-13-46-14-10-30)33-4-7-39(48-26-33)54-21-19-52(20-22-54)27-29-11-17-53(18-12-29)38-6-3-31(25-47-38)34-5-8-40(57)49-43(34)58/h3-4,6-7,9-10,13-14,23-26,28-29,34,51H,1-2,5,8,11-12,15-22,27H2,(H,49,57,58)/t34-/m1/s1. The highest BCUT2D eigenvalue weighted by atomic mass is 35.5. The van der Waals surface area contributed by atoms with Gasteiger partial charge in [-0.05, 0) is 86.1 Å². The number of carbonyl (C=O) groups excluding carboxylic acids is 2. The predicted molar refractivity (Wildman–Crippen MR) is 231 cm³/mol. The van der Waals surface area contributed by atoms with Crippen LogP contribution in [0.25, 0.3) is 28.1 Å². The summed E-state index contributed by atoms with van der Waals surface area (Å²) in [6.45, 7) is 7.25. The van der Waals surface area contributed by atoms with E-state index in [2.05, 4.69) is 34.7 Å². The molecule has 0 spiro atoms. The van der Waals surface area contributed by atoms with Gasteiger partial charge in [0.2, 0.25) is 11.8 Å². The fraction of sp³-hybridized carbons (Fsp3) is 0.395. The third kappa shape index (κ3) is 8.96. The summed E-state index contributed by atoms with van der Waals surface area (Å²) < 4.78 is 47.9. The first-order valence-electron chi connectivity index (χ1n) is 20.8. The van der Waals surface area contributed by atoms with Gasteiger partial charge < -0.3 is 9.80 Å². The van der Waals surface area contributed by atoms with Gasteiger partial charge in [0.1, 0.15) is 17.3 Å². The van der Waals surface area contributed by atoms with Crippen LogP contribution in [0.1, 0.15) is 50.0 Å². The molecule has 2 N–H and O–H groups in total. The second-order valence-corrected chi connectivity index (χ2v) is 18.3. The van der Waals surface area contributed by atoms with Crippen molar-refractivity contribution in [1.29, 1.82) is 0 Å². The van der Waals surface area contributed by atoms with Crippen molar-refractivity contribution >= 4 is 50.9 Å². The Morgan fingerprint density at radius 3 is 2.20 bits per heavy atom. The number of piperidine rings is 2. The quantitative estimate of drug-likeness (QED) is 0.162. The van der Waals surface area contributed by atoms with Gasteiger partial charge >= 0.3 is 10.2 Å². The molecule has 5 aromatic rings. The molecule has 4 aliphatic heterocycles. The van der Waals surface area contributed by atoms with Crippen LogP contribution in [0.2, 0.25) is 5.02 Å². The number of piperazine rings is 1. The number of imide groups is 1. The van der Waals surface area contributed by atoms with E-state index >= 15 is 4.39 Å². The molecule has 61 heavy (non-hydrogen) atoms. The average molecular weight is 868 g/mol. The minimum absolute atomic E-state index is 0.105. The Morgan fingerprint density at radius 2 is 1.52 bits per heavy atom. The molecular formula is C43H47ClFN11O4S. The van der Waals surface area contributed by atoms with Gasteiger partial charge in [0, 0.05) is 112 Å². The van der Waals surface area contributed by atoms with E-state index in [0.29, 0.717) is 54.4 Å². The maximum absolute atomic E-state index is 16.3. The first-order valence-corrected chi connectivity index (χ1v) is 22.7. The fourth-order valence-electron chi connectivity index (χ4n) is 8.79. The first kappa shape index (κ1) is 40.9. The molecule has 4 aromatic heterocycles. The summed E-state index contributed by atoms with van der Waals surface area (Å²) in [5, 5.41) is 7.47. The summed E-state index contributed by atoms with van der Waals surface area (Å²) in [6, 6.07) is 14.2. The van der Waals surface area contributed by atoms with Crippen molar-refractivity contribution < 1.29 is 22.4 Å². The highest BCUT2D eigenvalue weighted by Gasteiger charge is 2.31. The summed E-state index contributed by atoms with van der Waals surface area (Å²) >= 11 is 6.50. The number of carbonyl (C=O) groups is 2. The summed E-state index contributed by atoms with van der Waals surface area (Å²) in [7, 11) is -3.97. The molecule has 318 valence electrons. The highest BCUT2D eigenvalue weighted by molar-refractivity contribution is 7.90. The number of pyridine rings is 3. The Balaban J connectivity index is 0.824. The highest BCUT2D eigenvalue weighted by Crippen LogP contribution is 2.38. The zero-order valence-electron chi connectivity index (χ0n) is 33.6. The predicted octanol–water partition coefficient (Wildman–Crippen LogP) is 5.50. The Hall–Kier alpha value is -5.49. The van der Waals surface area contributed by atoms with E-state index in [1.807, 2.05) is 24.3 Å². The lowest BCUT2D eigenvalue weighted by Gasteiger charge is -2.39. The molecule has 0 unspecified atom stereocenters. The van der Waals surface area contributed by atoms with Gasteiger partial charge in [0.05, 0.1) is 23.5 Å². The number of benzene rings is 1. The van der Waals surface area contributed by atoms with Crippen molar-refractivity contribution in [2.75, 3.05) is 73.4 Å². The number of anilines is 3. The van der Waals surface area contributed by atoms with Gasteiger partial charge in [-0.25, -0.2) is 19.0 Å². The minimum Gasteiger partial charge on any atom is -0.357 e. The van der Waals surface area contributed by atoms with E-state index in [0.717, 1.165) is 88.7 Å². The second-order valence-electron chi connectivity index (χ2n) is 16.1. The third-order valence-electron chi connectivity index (χ3n) is 12.2. The van der Waals surface area contributed by atoms with Gasteiger partial charge in [-0.1, -0.05) is 17.7 Å². The normalized spacial score (nSPS) is 19.7. The molecule has 18 heteroatoms. The maximum Gasteiger partial charge on any atom is 0.301 e. The van der Waals surface area contributed by atoms with Crippen LogP contribution < -0.4 is 19.8 Å². The van der Waals surface area contributed by atoms with E-state index in [9.17, 15) is 18.0 Å². The van der Waals surface area contributed by atoms with E-state index < -0.39 is 16.0 Å². The molecule has 4 aliphatic rings. The zero-order chi connectivity index (χ0) is 42.1. The molecule has 2 amide bonds. The number of nitrogens with one attached hydrogen (secondary N) is 2. The van der Waals surface area contributed by atoms with E-state index in [1.165, 1.54) is 16.4 Å². The van der Waals surface area contributed by atoms with Crippen LogP contribution in [-0.2, 0) is 19.8 Å². The van der Waals surface area contributed by atoms with Crippen molar-refractivity contribution in [2.45, 2.75) is 44.4 Å². The van der Waals surface area contributed by atoms with E-state index in [4.69, 9.17) is 21.7 Å². The molecule has 8 heterocycles. The van der Waals surface area contributed by atoms with Crippen LogP contribution in [0.5, 0.6) is 0 Å². The van der Waals surface area contributed by atoms with Gasteiger partial charge in [-0.15, -0.1) is 0 Å². The van der Waals surface area contributed by atoms with Crippen LogP contribution in [0.4, 0.5) is 21.7 Å². The number of amides is 2. The molecule has 0 bridgehead atoms. The van der Waals surface area contributed by atoms with Gasteiger partial charge in [0.15, 0.2) is 5.82 Å². The molecule has 0 radical (unpaired) electrons. The van der Waals surface area contributed by atoms with Crippen molar-refractivity contribution in [1.82, 2.24) is 39.3 Å². The van der Waals surface area contributed by atoms with Crippen LogP contribution >= 0.6 is 11.6 Å². The van der Waals surface area contributed by atoms with Gasteiger partial charge in [0.25, 0.3) is 0 Å². The molecule has 4 fully saturated rings. The molecule has 15 nitrogen and oxygen atoms in total. The summed E-state index contributed by atoms with van der Waals surface area (Å²) in [5.41, 5.74) is 3.00. The molecule has 1 atom stereocenters. The lowest BCUT2D eigenvalue weighted by molar-refractivity contribution is -0.134. The minimum atomic E-state index is -3.97. The Labute approximate surface area is 359 Å². The van der Waals surface area contributed by atoms with Crippen molar-refractivity contribution in [2.24, 2.45) is 5.92 Å². The van der Waals surface area contributed by atoms with E-state index in [-0.39, 0.29) is 34.0 Å². The molecule has 0 saturated carbocycles. The van der Waals surface area contributed by atoms with Crippen LogP contribution in [-0.4, -0.2) is 113 Å². The summed E-state index contributed by atoms with van der Waals surface area (Å²) in [6.07, 6.45) is 13.1. The van der Waals surface area contributed by atoms with Crippen LogP contribution in [0, 0.1) is 11.7 Å². The Kier molecular flexibility index (Phi) is 11.7. The zero-order valence-corrected chi connectivity index (χ0v) is 35.2. The van der Waals surface area contributed by atoms with Crippen molar-refractivity contribution in [3.05, 3.63) is 95.9 Å². The average Bonchev–Trinajstić information content (AvgIpc) is 3.99. The SMILES string of the molecule is O=C1CC[C@H](c2ccc(N3CCC(CN4CCN(c5ccc(-n6cc(-c7cc(Cl)cc(NS(=O)(=O)N8CCCC8)c7F)c(-c7ccncc7)n6)cn5)CC4)CC3)nc2)C(=O)N1. The molecule has 9 rings (SSSR count). The van der Waals surface area contributed by atoms with Gasteiger partial charge in [-0.3, -0.25) is 29.5 Å². The molecule has 1 aromatic carbocycles. The maximum atomic E-state index is 16.3. The number of hydrogen-bond donors (Lipinski definition) is 2. The van der Waals surface area contributed by atoms with Crippen LogP contribution in [0.3, 0.4) is 0 Å². The number of hydrogen-bond acceptors (Lipinski definition) is 11. The number of nitrogens with zero attached hydrogens (tertiary/aromatic N) is 9. The number of aromatic nitrogens is 5. The van der Waals surface area contributed by atoms with Gasteiger partial charge in [-0.2, -0.15) is 17.8 Å². The molecule has 4 saturated heterocycles. The topological polar surface area (TPSA) is 162 Å². The second kappa shape index (κ2) is 17.5. The third-order valence-corrected chi connectivity index (χ3v) is 13.9. The molecule has 0 aliphatic carbocycles. The van der Waals surface area contributed by atoms with E-state index in [1.54, 1.807) is 47.8 Å². The number of halogens is 2. The summed E-state index contributed by atoms with van der Waals surface area (Å²) in [5.74, 6) is 0.855. The lowest BCUT2D eigenvalue weighted by atomic mass is 9.91. The van der Waals surface area contributed by atoms with Crippen molar-refractivity contribution in [3.8, 4) is 28.1 Å². The largest absolute Gasteiger partial charge is 0.357 e. The fourth-order valence-corrected chi connectivity index (χ4v) is 10.3. The Bertz CT molecular complexity index is 2490. The summed E-state index contributed by atoms with van der Waals surface area (Å²) in [4.78, 5) is 44.6. The monoisotopic (exact) mass is 867 g/mol. The lowest BCUT2D eigenvalue weighted by Crippen LogP contribution is -2.49. The number of rotatable bonds is 11. The molecular weight excluding hydrogens is 821 g/mol. The Morgan fingerprint density at radius 1 is 0.820 bits per heavy atom. The van der Waals surface area contributed by atoms with Crippen molar-refractivity contribution in [3.63, 3.8) is 0 Å². The first-order chi connectivity index (χ1) is 29.6. The van der Waals surface area contributed by atoms with Crippen LogP contribution in [0.15, 0.2) is 79.5 Å².